The molecular formula is C8H11N3O3. The third-order valence-electron chi connectivity index (χ3n) is 3.02. The number of ether oxygens (including phenoxy) is 1. The van der Waals surface area contributed by atoms with Crippen molar-refractivity contribution in [2.45, 2.75) is 25.2 Å². The Morgan fingerprint density at radius 3 is 3.21 bits per heavy atom. The topological polar surface area (TPSA) is 67.6 Å². The molecule has 2 unspecified atom stereocenters. The maximum atomic E-state index is 10.9. The Morgan fingerprint density at radius 1 is 1.57 bits per heavy atom. The van der Waals surface area contributed by atoms with Crippen LogP contribution in [0.3, 0.4) is 0 Å². The van der Waals surface area contributed by atoms with E-state index in [2.05, 4.69) is 5.32 Å². The molecule has 3 rings (SSSR count). The molecule has 0 aromatic carbocycles. The van der Waals surface area contributed by atoms with Crippen LogP contribution in [-0.4, -0.2) is 35.2 Å². The number of hydrogen-bond donors (Lipinski definition) is 1. The molecule has 2 atom stereocenters. The highest BCUT2D eigenvalue weighted by molar-refractivity contribution is 5.18. The molecule has 6 heteroatoms. The number of hydrogen-bond acceptors (Lipinski definition) is 5. The van der Waals surface area contributed by atoms with Gasteiger partial charge in [0.1, 0.15) is 6.23 Å². The number of nitrogens with zero attached hydrogens (tertiary/aromatic N) is 2. The lowest BCUT2D eigenvalue weighted by atomic mass is 10.2. The fourth-order valence-electron chi connectivity index (χ4n) is 2.44. The normalized spacial score (nSPS) is 34.4. The summed E-state index contributed by atoms with van der Waals surface area (Å²) < 4.78 is 5.57. The molecule has 0 aromatic heterocycles. The van der Waals surface area contributed by atoms with Gasteiger partial charge in [0, 0.05) is 13.1 Å². The molecule has 6 nitrogen and oxygen atoms in total. The third-order valence-corrected chi connectivity index (χ3v) is 3.02. The zero-order valence-corrected chi connectivity index (χ0v) is 7.60. The summed E-state index contributed by atoms with van der Waals surface area (Å²) in [5, 5.41) is 14.0. The highest BCUT2D eigenvalue weighted by Gasteiger charge is 2.48. The standard InChI is InChI=1S/C8H11N3O3/c12-11(13)7-5-1-2-6(14-5)10-4-3-9-8(7)10/h5-6,9H,1-4H2. The molecule has 0 amide bonds. The van der Waals surface area contributed by atoms with Crippen molar-refractivity contribution >= 4 is 0 Å². The largest absolute Gasteiger partial charge is 0.364 e. The van der Waals surface area contributed by atoms with Gasteiger partial charge in [-0.3, -0.25) is 10.1 Å². The summed E-state index contributed by atoms with van der Waals surface area (Å²) in [6.45, 7) is 1.59. The summed E-state index contributed by atoms with van der Waals surface area (Å²) in [5.41, 5.74) is 0.219. The Kier molecular flexibility index (Phi) is 1.49. The summed E-state index contributed by atoms with van der Waals surface area (Å²) >= 11 is 0. The molecule has 2 saturated heterocycles. The van der Waals surface area contributed by atoms with Crippen LogP contribution in [0.4, 0.5) is 0 Å². The predicted molar refractivity (Wildman–Crippen MR) is 46.6 cm³/mol. The average Bonchev–Trinajstić information content (AvgIpc) is 2.73. The Bertz CT molecular complexity index is 328. The predicted octanol–water partition coefficient (Wildman–Crippen LogP) is -0.144. The van der Waals surface area contributed by atoms with E-state index < -0.39 is 0 Å². The van der Waals surface area contributed by atoms with Crippen molar-refractivity contribution in [1.29, 1.82) is 0 Å². The van der Waals surface area contributed by atoms with Crippen LogP contribution in [0.15, 0.2) is 11.5 Å². The second-order valence-electron chi connectivity index (χ2n) is 3.77. The van der Waals surface area contributed by atoms with Gasteiger partial charge in [0.05, 0.1) is 4.92 Å². The van der Waals surface area contributed by atoms with Gasteiger partial charge < -0.3 is 15.0 Å². The van der Waals surface area contributed by atoms with Gasteiger partial charge in [-0.15, -0.1) is 0 Å². The van der Waals surface area contributed by atoms with Gasteiger partial charge in [-0.1, -0.05) is 0 Å². The monoisotopic (exact) mass is 197 g/mol. The van der Waals surface area contributed by atoms with E-state index in [1.807, 2.05) is 4.90 Å². The molecule has 0 spiro atoms. The average molecular weight is 197 g/mol. The molecule has 3 aliphatic rings. The fraction of sp³-hybridized carbons (Fsp3) is 0.750. The molecule has 76 valence electrons. The van der Waals surface area contributed by atoms with Gasteiger partial charge in [0.25, 0.3) is 0 Å². The maximum absolute atomic E-state index is 10.9. The van der Waals surface area contributed by atoms with E-state index in [9.17, 15) is 10.1 Å². The highest BCUT2D eigenvalue weighted by atomic mass is 16.6. The van der Waals surface area contributed by atoms with Gasteiger partial charge in [0.15, 0.2) is 11.9 Å². The molecule has 2 bridgehead atoms. The molecule has 2 fully saturated rings. The molecule has 14 heavy (non-hydrogen) atoms. The zero-order valence-electron chi connectivity index (χ0n) is 7.60. The first-order chi connectivity index (χ1) is 6.77. The summed E-state index contributed by atoms with van der Waals surface area (Å²) in [6, 6.07) is 0. The van der Waals surface area contributed by atoms with Crippen LogP contribution in [0.25, 0.3) is 0 Å². The van der Waals surface area contributed by atoms with Crippen LogP contribution in [-0.2, 0) is 4.74 Å². The first-order valence-electron chi connectivity index (χ1n) is 4.82. The molecule has 1 N–H and O–H groups in total. The number of fused-ring (bicyclic) bond motifs is 4. The lowest BCUT2D eigenvalue weighted by Crippen LogP contribution is -2.40. The Labute approximate surface area is 80.7 Å². The molecule has 0 saturated carbocycles. The number of nitrogens with one attached hydrogen (secondary N) is 1. The molecule has 3 heterocycles. The maximum Gasteiger partial charge on any atom is 0.314 e. The van der Waals surface area contributed by atoms with Crippen LogP contribution in [0, 0.1) is 10.1 Å². The molecular weight excluding hydrogens is 186 g/mol. The van der Waals surface area contributed by atoms with E-state index in [-0.39, 0.29) is 23.0 Å². The first-order valence-corrected chi connectivity index (χ1v) is 4.82. The molecule has 3 aliphatic heterocycles. The van der Waals surface area contributed by atoms with Gasteiger partial charge in [-0.05, 0) is 12.8 Å². The second kappa shape index (κ2) is 2.60. The minimum Gasteiger partial charge on any atom is -0.364 e. The van der Waals surface area contributed by atoms with Crippen LogP contribution < -0.4 is 5.32 Å². The Morgan fingerprint density at radius 2 is 2.43 bits per heavy atom. The first kappa shape index (κ1) is 8.05. The third kappa shape index (κ3) is 0.886. The summed E-state index contributed by atoms with van der Waals surface area (Å²) in [6.07, 6.45) is 1.43. The van der Waals surface area contributed by atoms with E-state index in [1.54, 1.807) is 0 Å². The summed E-state index contributed by atoms with van der Waals surface area (Å²) in [4.78, 5) is 12.5. The van der Waals surface area contributed by atoms with E-state index in [4.69, 9.17) is 4.74 Å². The Balaban J connectivity index is 2.08. The van der Waals surface area contributed by atoms with Crippen molar-refractivity contribution < 1.29 is 9.66 Å². The highest BCUT2D eigenvalue weighted by Crippen LogP contribution is 2.37. The van der Waals surface area contributed by atoms with E-state index in [0.717, 1.165) is 25.9 Å². The second-order valence-corrected chi connectivity index (χ2v) is 3.77. The van der Waals surface area contributed by atoms with Crippen molar-refractivity contribution in [2.24, 2.45) is 0 Å². The SMILES string of the molecule is O=[N+]([O-])C1=C2NCCN2C2CCC1O2. The lowest BCUT2D eigenvalue weighted by molar-refractivity contribution is -0.442. The number of rotatable bonds is 1. The van der Waals surface area contributed by atoms with Crippen molar-refractivity contribution in [3.05, 3.63) is 21.6 Å². The van der Waals surface area contributed by atoms with Gasteiger partial charge >= 0.3 is 5.70 Å². The van der Waals surface area contributed by atoms with Crippen molar-refractivity contribution in [2.75, 3.05) is 13.1 Å². The van der Waals surface area contributed by atoms with Crippen molar-refractivity contribution in [3.63, 3.8) is 0 Å². The lowest BCUT2D eigenvalue weighted by Gasteiger charge is -2.29. The van der Waals surface area contributed by atoms with Crippen LogP contribution in [0.5, 0.6) is 0 Å². The van der Waals surface area contributed by atoms with Crippen LogP contribution in [0.1, 0.15) is 12.8 Å². The van der Waals surface area contributed by atoms with E-state index in [0.29, 0.717) is 5.82 Å². The van der Waals surface area contributed by atoms with Crippen LogP contribution in [0.2, 0.25) is 0 Å². The van der Waals surface area contributed by atoms with Crippen molar-refractivity contribution in [3.8, 4) is 0 Å². The Hall–Kier alpha value is -1.30. The molecule has 0 aliphatic carbocycles. The number of nitro groups is 1. The van der Waals surface area contributed by atoms with Crippen molar-refractivity contribution in [1.82, 2.24) is 10.2 Å². The minimum absolute atomic E-state index is 0.0636. The summed E-state index contributed by atoms with van der Waals surface area (Å²) in [5.74, 6) is 0.689. The van der Waals surface area contributed by atoms with E-state index >= 15 is 0 Å². The summed E-state index contributed by atoms with van der Waals surface area (Å²) in [7, 11) is 0. The van der Waals surface area contributed by atoms with Gasteiger partial charge in [0.2, 0.25) is 0 Å². The fourth-order valence-corrected chi connectivity index (χ4v) is 2.44. The van der Waals surface area contributed by atoms with E-state index in [1.165, 1.54) is 0 Å². The van der Waals surface area contributed by atoms with Gasteiger partial charge in [-0.25, -0.2) is 0 Å². The smallest absolute Gasteiger partial charge is 0.314 e. The minimum atomic E-state index is -0.313. The molecule has 0 aromatic rings. The quantitative estimate of drug-likeness (QED) is 0.468. The van der Waals surface area contributed by atoms with Crippen LogP contribution >= 0.6 is 0 Å². The van der Waals surface area contributed by atoms with Gasteiger partial charge in [-0.2, -0.15) is 0 Å². The zero-order chi connectivity index (χ0) is 9.71. The molecule has 0 radical (unpaired) electrons.